The molecule has 0 aliphatic carbocycles. The number of hydrogen-bond acceptors (Lipinski definition) is 2. The minimum absolute atomic E-state index is 0. The molecule has 0 aromatic carbocycles. The first-order valence-electron chi connectivity index (χ1n) is 5.50. The van der Waals surface area contributed by atoms with E-state index in [1.54, 1.807) is 0 Å². The second-order valence-electron chi connectivity index (χ2n) is 4.54. The molecule has 0 spiro atoms. The van der Waals surface area contributed by atoms with Crippen LogP contribution < -0.4 is 18.9 Å². The Morgan fingerprint density at radius 3 is 1.87 bits per heavy atom. The Bertz CT molecular complexity index is 148. The van der Waals surface area contributed by atoms with Crippen LogP contribution >= 0.6 is 0 Å². The number of hydrogen-bond donors (Lipinski definition) is 0. The molecule has 86 valence electrons. The molecule has 0 radical (unpaired) electrons. The van der Waals surface area contributed by atoms with Gasteiger partial charge in [-0.25, -0.2) is 0 Å². The Balaban J connectivity index is 0. The topological polar surface area (TPSA) is 18.5 Å². The van der Waals surface area contributed by atoms with Crippen molar-refractivity contribution < 1.29 is 27.7 Å². The summed E-state index contributed by atoms with van der Waals surface area (Å²) in [6.07, 6.45) is 1.07. The molecule has 1 unspecified atom stereocenters. The van der Waals surface area contributed by atoms with Crippen LogP contribution in [0.2, 0.25) is 13.1 Å². The van der Waals surface area contributed by atoms with Crippen LogP contribution in [-0.2, 0) is 8.85 Å². The van der Waals surface area contributed by atoms with E-state index in [4.69, 9.17) is 8.85 Å². The molecule has 0 bridgehead atoms. The molecule has 2 nitrogen and oxygen atoms in total. The predicted octanol–water partition coefficient (Wildman–Crippen LogP) is -1.50. The average molecular weight is 240 g/mol. The minimum Gasteiger partial charge on any atom is -0.400 e. The summed E-state index contributed by atoms with van der Waals surface area (Å²) in [6, 6.07) is 0. The monoisotopic (exact) mass is 240 g/mol. The van der Waals surface area contributed by atoms with Crippen LogP contribution in [0.3, 0.4) is 0 Å². The second kappa shape index (κ2) is 9.03. The maximum atomic E-state index is 5.77. The van der Waals surface area contributed by atoms with Crippen LogP contribution in [0.15, 0.2) is 0 Å². The van der Waals surface area contributed by atoms with E-state index in [2.05, 4.69) is 40.8 Å². The zero-order chi connectivity index (χ0) is 11.2. The van der Waals surface area contributed by atoms with Crippen molar-refractivity contribution in [3.63, 3.8) is 0 Å². The van der Waals surface area contributed by atoms with E-state index in [0.717, 1.165) is 6.42 Å². The Labute approximate surface area is 112 Å². The van der Waals surface area contributed by atoms with Crippen LogP contribution in [0.1, 0.15) is 27.2 Å². The molecular weight excluding hydrogens is 215 g/mol. The van der Waals surface area contributed by atoms with Crippen LogP contribution in [0.5, 0.6) is 0 Å². The quantitative estimate of drug-likeness (QED) is 0.306. The summed E-state index contributed by atoms with van der Waals surface area (Å²) in [7, 11) is -0.781. The first-order valence-corrected chi connectivity index (χ1v) is 9.48. The van der Waals surface area contributed by atoms with Crippen molar-refractivity contribution in [2.24, 2.45) is 11.3 Å². The Kier molecular flexibility index (Phi) is 11.0. The van der Waals surface area contributed by atoms with Gasteiger partial charge in [0.25, 0.3) is 0 Å². The molecule has 0 fully saturated rings. The second-order valence-corrected chi connectivity index (χ2v) is 6.36. The zero-order valence-electron chi connectivity index (χ0n) is 11.3. The Morgan fingerprint density at radius 2 is 1.60 bits per heavy atom. The van der Waals surface area contributed by atoms with Gasteiger partial charge in [0.1, 0.15) is 6.29 Å². The standard InChI is InChI=1S/C10H25O2Si2.Li/c1-8(2)7-10(3,4)9(11-13-5)12-14-6;/h8-9H,1,7,13-14H2,2-6H3;/q-1;+1. The maximum Gasteiger partial charge on any atom is 1.00 e. The largest absolute Gasteiger partial charge is 1.00 e. The minimum atomic E-state index is -0.391. The van der Waals surface area contributed by atoms with E-state index in [1.165, 1.54) is 0 Å². The molecule has 0 heterocycles. The fraction of sp³-hybridized carbons (Fsp3) is 0.900. The van der Waals surface area contributed by atoms with Crippen molar-refractivity contribution in [3.05, 3.63) is 6.92 Å². The van der Waals surface area contributed by atoms with Gasteiger partial charge >= 0.3 is 18.9 Å². The summed E-state index contributed by atoms with van der Waals surface area (Å²) in [6.45, 7) is 14.9. The normalized spacial score (nSPS) is 17.2. The van der Waals surface area contributed by atoms with Crippen molar-refractivity contribution in [3.8, 4) is 0 Å². The molecule has 1 atom stereocenters. The van der Waals surface area contributed by atoms with Gasteiger partial charge in [0, 0.05) is 5.41 Å². The number of rotatable bonds is 7. The molecule has 0 amide bonds. The van der Waals surface area contributed by atoms with E-state index in [9.17, 15) is 0 Å². The summed E-state index contributed by atoms with van der Waals surface area (Å²) < 4.78 is 11.5. The Morgan fingerprint density at radius 1 is 1.20 bits per heavy atom. The van der Waals surface area contributed by atoms with Crippen molar-refractivity contribution in [1.29, 1.82) is 0 Å². The van der Waals surface area contributed by atoms with Crippen molar-refractivity contribution in [2.45, 2.75) is 46.6 Å². The molecule has 0 rings (SSSR count). The predicted molar refractivity (Wildman–Crippen MR) is 67.7 cm³/mol. The van der Waals surface area contributed by atoms with E-state index in [-0.39, 0.29) is 30.6 Å². The van der Waals surface area contributed by atoms with Crippen molar-refractivity contribution in [1.82, 2.24) is 0 Å². The first kappa shape index (κ1) is 18.3. The average Bonchev–Trinajstić information content (AvgIpc) is 2.01. The third-order valence-electron chi connectivity index (χ3n) is 2.15. The van der Waals surface area contributed by atoms with Crippen LogP contribution in [0.25, 0.3) is 0 Å². The molecule has 0 saturated heterocycles. The maximum absolute atomic E-state index is 5.77. The van der Waals surface area contributed by atoms with Crippen LogP contribution in [-0.4, -0.2) is 25.8 Å². The zero-order valence-corrected chi connectivity index (χ0v) is 14.1. The third-order valence-corrected chi connectivity index (χ3v) is 3.42. The van der Waals surface area contributed by atoms with E-state index in [1.807, 2.05) is 0 Å². The summed E-state index contributed by atoms with van der Waals surface area (Å²) in [5.41, 5.74) is 0.104. The van der Waals surface area contributed by atoms with E-state index >= 15 is 0 Å². The molecule has 0 aromatic heterocycles. The molecule has 0 N–H and O–H groups in total. The van der Waals surface area contributed by atoms with Gasteiger partial charge in [0.2, 0.25) is 0 Å². The van der Waals surface area contributed by atoms with Gasteiger partial charge in [-0.3, -0.25) is 0 Å². The van der Waals surface area contributed by atoms with Crippen LogP contribution in [0.4, 0.5) is 0 Å². The van der Waals surface area contributed by atoms with Gasteiger partial charge in [0.15, 0.2) is 19.5 Å². The van der Waals surface area contributed by atoms with E-state index in [0.29, 0.717) is 5.92 Å². The summed E-state index contributed by atoms with van der Waals surface area (Å²) in [5.74, 6) is 0.455. The van der Waals surface area contributed by atoms with Crippen molar-refractivity contribution in [2.75, 3.05) is 0 Å². The summed E-state index contributed by atoms with van der Waals surface area (Å²) in [4.78, 5) is 0. The third kappa shape index (κ3) is 7.78. The van der Waals surface area contributed by atoms with Gasteiger partial charge in [0.05, 0.1) is 0 Å². The van der Waals surface area contributed by atoms with Gasteiger partial charge in [-0.2, -0.15) is 5.92 Å². The van der Waals surface area contributed by atoms with Gasteiger partial charge in [-0.05, 0) is 0 Å². The SMILES string of the molecule is [CH2-]C(C)CC(C)(C)C(O[SiH2]C)O[SiH2]C.[Li+]. The smallest absolute Gasteiger partial charge is 0.400 e. The summed E-state index contributed by atoms with van der Waals surface area (Å²) >= 11 is 0. The van der Waals surface area contributed by atoms with Gasteiger partial charge in [-0.15, -0.1) is 0 Å². The van der Waals surface area contributed by atoms with Crippen molar-refractivity contribution >= 4 is 19.5 Å². The fourth-order valence-corrected chi connectivity index (χ4v) is 3.69. The molecular formula is C10H25LiO2Si2. The molecule has 15 heavy (non-hydrogen) atoms. The van der Waals surface area contributed by atoms with E-state index < -0.39 is 19.5 Å². The Hall–Kier alpha value is 0.951. The molecule has 0 saturated carbocycles. The first-order chi connectivity index (χ1) is 6.44. The van der Waals surface area contributed by atoms with Crippen LogP contribution in [0, 0.1) is 18.3 Å². The van der Waals surface area contributed by atoms with Gasteiger partial charge < -0.3 is 15.8 Å². The molecule has 5 heteroatoms. The fourth-order valence-electron chi connectivity index (χ4n) is 1.80. The summed E-state index contributed by atoms with van der Waals surface area (Å²) in [5, 5.41) is 0. The molecule has 0 aliphatic heterocycles. The molecule has 0 aromatic rings. The van der Waals surface area contributed by atoms with Gasteiger partial charge in [-0.1, -0.05) is 40.3 Å². The molecule has 0 aliphatic rings.